The van der Waals surface area contributed by atoms with Crippen LogP contribution < -0.4 is 5.73 Å². The van der Waals surface area contributed by atoms with Crippen molar-refractivity contribution in [1.82, 2.24) is 10.1 Å². The summed E-state index contributed by atoms with van der Waals surface area (Å²) in [5, 5.41) is 3.65. The lowest BCUT2D eigenvalue weighted by atomic mass is 10.2. The second kappa shape index (κ2) is 4.58. The molecule has 0 saturated heterocycles. The summed E-state index contributed by atoms with van der Waals surface area (Å²) in [6.45, 7) is 1.79. The zero-order valence-corrected chi connectivity index (χ0v) is 9.15. The van der Waals surface area contributed by atoms with Crippen molar-refractivity contribution in [1.29, 1.82) is 0 Å². The van der Waals surface area contributed by atoms with E-state index in [-0.39, 0.29) is 17.5 Å². The summed E-state index contributed by atoms with van der Waals surface area (Å²) in [6, 6.07) is 2.93. The van der Waals surface area contributed by atoms with E-state index >= 15 is 0 Å². The standard InChI is InChI=1S/C11H11F2N3O/c1-6(14)4-10-15-11(17-16-10)8-5-7(12)2-3-9(8)13/h2-3,5-6H,4,14H2,1H3. The Hall–Kier alpha value is -1.82. The summed E-state index contributed by atoms with van der Waals surface area (Å²) in [6.07, 6.45) is 0.417. The average Bonchev–Trinajstić information content (AvgIpc) is 2.69. The number of benzene rings is 1. The Balaban J connectivity index is 2.33. The van der Waals surface area contributed by atoms with Crippen molar-refractivity contribution in [3.63, 3.8) is 0 Å². The molecule has 1 heterocycles. The summed E-state index contributed by atoms with van der Waals surface area (Å²) in [7, 11) is 0. The van der Waals surface area contributed by atoms with Gasteiger partial charge in [0.1, 0.15) is 11.6 Å². The Kier molecular flexibility index (Phi) is 3.14. The number of nitrogens with zero attached hydrogens (tertiary/aromatic N) is 2. The van der Waals surface area contributed by atoms with Crippen LogP contribution in [0.1, 0.15) is 12.7 Å². The molecule has 0 aliphatic rings. The van der Waals surface area contributed by atoms with Gasteiger partial charge in [-0.05, 0) is 25.1 Å². The van der Waals surface area contributed by atoms with Crippen LogP contribution in [0, 0.1) is 11.6 Å². The summed E-state index contributed by atoms with van der Waals surface area (Å²) in [5.41, 5.74) is 5.52. The van der Waals surface area contributed by atoms with E-state index in [0.717, 1.165) is 18.2 Å². The van der Waals surface area contributed by atoms with Crippen molar-refractivity contribution < 1.29 is 13.3 Å². The minimum atomic E-state index is -0.609. The molecule has 0 bridgehead atoms. The molecule has 2 N–H and O–H groups in total. The van der Waals surface area contributed by atoms with Gasteiger partial charge in [-0.25, -0.2) is 8.78 Å². The first-order chi connectivity index (χ1) is 8.06. The van der Waals surface area contributed by atoms with Crippen molar-refractivity contribution in [3.8, 4) is 11.5 Å². The zero-order valence-electron chi connectivity index (χ0n) is 9.15. The Morgan fingerprint density at radius 2 is 2.18 bits per heavy atom. The molecular formula is C11H11F2N3O. The van der Waals surface area contributed by atoms with E-state index in [2.05, 4.69) is 10.1 Å². The first-order valence-corrected chi connectivity index (χ1v) is 5.10. The first kappa shape index (κ1) is 11.7. The number of nitrogens with two attached hydrogens (primary N) is 1. The first-order valence-electron chi connectivity index (χ1n) is 5.10. The summed E-state index contributed by atoms with van der Waals surface area (Å²) >= 11 is 0. The molecule has 2 rings (SSSR count). The van der Waals surface area contributed by atoms with E-state index < -0.39 is 11.6 Å². The number of hydrogen-bond acceptors (Lipinski definition) is 4. The molecule has 0 aliphatic heterocycles. The SMILES string of the molecule is CC(N)Cc1noc(-c2cc(F)ccc2F)n1. The van der Waals surface area contributed by atoms with Gasteiger partial charge in [0.15, 0.2) is 5.82 Å². The molecule has 1 aromatic heterocycles. The van der Waals surface area contributed by atoms with Crippen LogP contribution in [0.2, 0.25) is 0 Å². The lowest BCUT2D eigenvalue weighted by Gasteiger charge is -1.98. The maximum atomic E-state index is 13.4. The maximum absolute atomic E-state index is 13.4. The van der Waals surface area contributed by atoms with Crippen LogP contribution in [0.3, 0.4) is 0 Å². The maximum Gasteiger partial charge on any atom is 0.261 e. The highest BCUT2D eigenvalue weighted by atomic mass is 19.1. The number of hydrogen-bond donors (Lipinski definition) is 1. The normalized spacial score (nSPS) is 12.7. The van der Waals surface area contributed by atoms with Gasteiger partial charge in [-0.15, -0.1) is 0 Å². The molecule has 1 unspecified atom stereocenters. The van der Waals surface area contributed by atoms with E-state index in [0.29, 0.717) is 12.2 Å². The Labute approximate surface area is 96.4 Å². The van der Waals surface area contributed by atoms with E-state index in [9.17, 15) is 8.78 Å². The van der Waals surface area contributed by atoms with E-state index in [4.69, 9.17) is 10.3 Å². The van der Waals surface area contributed by atoms with Crippen molar-refractivity contribution in [3.05, 3.63) is 35.7 Å². The van der Waals surface area contributed by atoms with Crippen molar-refractivity contribution in [2.45, 2.75) is 19.4 Å². The monoisotopic (exact) mass is 239 g/mol. The highest BCUT2D eigenvalue weighted by Gasteiger charge is 2.14. The number of rotatable bonds is 3. The second-order valence-electron chi connectivity index (χ2n) is 3.82. The van der Waals surface area contributed by atoms with Crippen LogP contribution >= 0.6 is 0 Å². The molecule has 0 amide bonds. The fraction of sp³-hybridized carbons (Fsp3) is 0.273. The minimum absolute atomic E-state index is 0.0438. The van der Waals surface area contributed by atoms with Gasteiger partial charge < -0.3 is 10.3 Å². The van der Waals surface area contributed by atoms with E-state index in [1.165, 1.54) is 0 Å². The fourth-order valence-corrected chi connectivity index (χ4v) is 1.40. The Morgan fingerprint density at radius 3 is 2.88 bits per heavy atom. The molecule has 1 aromatic carbocycles. The Bertz CT molecular complexity index is 525. The zero-order chi connectivity index (χ0) is 12.4. The lowest BCUT2D eigenvalue weighted by Crippen LogP contribution is -2.18. The molecule has 6 heteroatoms. The molecule has 4 nitrogen and oxygen atoms in total. The summed E-state index contributed by atoms with van der Waals surface area (Å²) in [5.74, 6) is -0.841. The molecule has 17 heavy (non-hydrogen) atoms. The van der Waals surface area contributed by atoms with Gasteiger partial charge in [-0.2, -0.15) is 4.98 Å². The Morgan fingerprint density at radius 1 is 1.41 bits per heavy atom. The van der Waals surface area contributed by atoms with Crippen LogP contribution in [0.4, 0.5) is 8.78 Å². The summed E-state index contributed by atoms with van der Waals surface area (Å²) in [4.78, 5) is 3.96. The van der Waals surface area contributed by atoms with Crippen molar-refractivity contribution in [2.75, 3.05) is 0 Å². The topological polar surface area (TPSA) is 64.9 Å². The predicted molar refractivity (Wildman–Crippen MR) is 57.0 cm³/mol. The molecule has 0 saturated carbocycles. The van der Waals surface area contributed by atoms with Crippen LogP contribution in [-0.4, -0.2) is 16.2 Å². The third-order valence-corrected chi connectivity index (χ3v) is 2.13. The second-order valence-corrected chi connectivity index (χ2v) is 3.82. The molecule has 0 aliphatic carbocycles. The molecule has 90 valence electrons. The summed E-state index contributed by atoms with van der Waals surface area (Å²) < 4.78 is 31.2. The molecule has 0 radical (unpaired) electrons. The van der Waals surface area contributed by atoms with Gasteiger partial charge in [0.05, 0.1) is 5.56 Å². The largest absolute Gasteiger partial charge is 0.334 e. The number of aromatic nitrogens is 2. The van der Waals surface area contributed by atoms with Crippen LogP contribution in [-0.2, 0) is 6.42 Å². The highest BCUT2D eigenvalue weighted by molar-refractivity contribution is 5.53. The number of halogens is 2. The molecule has 1 atom stereocenters. The van der Waals surface area contributed by atoms with Gasteiger partial charge in [-0.1, -0.05) is 5.16 Å². The van der Waals surface area contributed by atoms with Gasteiger partial charge in [0.2, 0.25) is 0 Å². The van der Waals surface area contributed by atoms with Crippen LogP contribution in [0.15, 0.2) is 22.7 Å². The molecule has 2 aromatic rings. The van der Waals surface area contributed by atoms with Crippen molar-refractivity contribution >= 4 is 0 Å². The minimum Gasteiger partial charge on any atom is -0.334 e. The van der Waals surface area contributed by atoms with Crippen molar-refractivity contribution in [2.24, 2.45) is 5.73 Å². The van der Waals surface area contributed by atoms with Crippen LogP contribution in [0.25, 0.3) is 11.5 Å². The average molecular weight is 239 g/mol. The molecular weight excluding hydrogens is 228 g/mol. The molecule has 0 spiro atoms. The predicted octanol–water partition coefficient (Wildman–Crippen LogP) is 1.90. The quantitative estimate of drug-likeness (QED) is 0.888. The van der Waals surface area contributed by atoms with Gasteiger partial charge >= 0.3 is 0 Å². The van der Waals surface area contributed by atoms with Gasteiger partial charge in [-0.3, -0.25) is 0 Å². The smallest absolute Gasteiger partial charge is 0.261 e. The molecule has 0 fully saturated rings. The van der Waals surface area contributed by atoms with E-state index in [1.54, 1.807) is 6.92 Å². The van der Waals surface area contributed by atoms with Gasteiger partial charge in [0.25, 0.3) is 5.89 Å². The van der Waals surface area contributed by atoms with E-state index in [1.807, 2.05) is 0 Å². The third-order valence-electron chi connectivity index (χ3n) is 2.13. The highest BCUT2D eigenvalue weighted by Crippen LogP contribution is 2.22. The third kappa shape index (κ3) is 2.65. The lowest BCUT2D eigenvalue weighted by molar-refractivity contribution is 0.418. The fourth-order valence-electron chi connectivity index (χ4n) is 1.40. The van der Waals surface area contributed by atoms with Crippen LogP contribution in [0.5, 0.6) is 0 Å². The van der Waals surface area contributed by atoms with Gasteiger partial charge in [0, 0.05) is 12.5 Å².